The number of hydrogen-bond donors (Lipinski definition) is 2. The van der Waals surface area contributed by atoms with Gasteiger partial charge in [0.05, 0.1) is 19.1 Å². The SMILES string of the molecule is NC1COCC1C(=O)Nc1c(F)c(F)cc(F)c1F. The van der Waals surface area contributed by atoms with Gasteiger partial charge in [0.25, 0.3) is 0 Å². The van der Waals surface area contributed by atoms with Crippen LogP contribution < -0.4 is 11.1 Å². The Morgan fingerprint density at radius 2 is 1.79 bits per heavy atom. The lowest BCUT2D eigenvalue weighted by atomic mass is 10.0. The van der Waals surface area contributed by atoms with E-state index in [4.69, 9.17) is 10.5 Å². The van der Waals surface area contributed by atoms with Crippen molar-refractivity contribution in [2.24, 2.45) is 11.7 Å². The third-order valence-corrected chi connectivity index (χ3v) is 2.82. The van der Waals surface area contributed by atoms with Gasteiger partial charge in [-0.25, -0.2) is 17.6 Å². The Labute approximate surface area is 105 Å². The molecule has 1 aliphatic heterocycles. The minimum Gasteiger partial charge on any atom is -0.379 e. The molecule has 19 heavy (non-hydrogen) atoms. The molecule has 0 bridgehead atoms. The highest BCUT2D eigenvalue weighted by Crippen LogP contribution is 2.25. The van der Waals surface area contributed by atoms with Gasteiger partial charge in [0.2, 0.25) is 5.91 Å². The Morgan fingerprint density at radius 3 is 2.26 bits per heavy atom. The van der Waals surface area contributed by atoms with Gasteiger partial charge in [-0.2, -0.15) is 0 Å². The molecule has 1 aromatic rings. The Balaban J connectivity index is 2.26. The Hall–Kier alpha value is -1.67. The van der Waals surface area contributed by atoms with Crippen LogP contribution in [0.15, 0.2) is 6.07 Å². The van der Waals surface area contributed by atoms with Crippen LogP contribution >= 0.6 is 0 Å². The Morgan fingerprint density at radius 1 is 1.21 bits per heavy atom. The van der Waals surface area contributed by atoms with Gasteiger partial charge in [0.1, 0.15) is 5.69 Å². The summed E-state index contributed by atoms with van der Waals surface area (Å²) < 4.78 is 57.5. The summed E-state index contributed by atoms with van der Waals surface area (Å²) in [6, 6.07) is -0.574. The summed E-state index contributed by atoms with van der Waals surface area (Å²) >= 11 is 0. The predicted octanol–water partition coefficient (Wildman–Crippen LogP) is 1.16. The highest BCUT2D eigenvalue weighted by atomic mass is 19.2. The number of nitrogens with two attached hydrogens (primary N) is 1. The highest BCUT2D eigenvalue weighted by molar-refractivity contribution is 5.93. The highest BCUT2D eigenvalue weighted by Gasteiger charge is 2.33. The third kappa shape index (κ3) is 2.54. The molecule has 104 valence electrons. The van der Waals surface area contributed by atoms with E-state index in [2.05, 4.69) is 0 Å². The summed E-state index contributed by atoms with van der Waals surface area (Å²) in [5.41, 5.74) is 4.38. The second-order valence-corrected chi connectivity index (χ2v) is 4.14. The molecule has 0 spiro atoms. The maximum absolute atomic E-state index is 13.3. The van der Waals surface area contributed by atoms with Crippen LogP contribution in [0.25, 0.3) is 0 Å². The molecule has 3 N–H and O–H groups in total. The quantitative estimate of drug-likeness (QED) is 0.630. The van der Waals surface area contributed by atoms with Crippen molar-refractivity contribution in [1.82, 2.24) is 0 Å². The van der Waals surface area contributed by atoms with Gasteiger partial charge < -0.3 is 15.8 Å². The zero-order valence-corrected chi connectivity index (χ0v) is 9.55. The molecule has 1 saturated heterocycles. The summed E-state index contributed by atoms with van der Waals surface area (Å²) in [6.45, 7) is 0.106. The van der Waals surface area contributed by atoms with Crippen LogP contribution in [0.4, 0.5) is 23.2 Å². The number of nitrogens with one attached hydrogen (secondary N) is 1. The molecule has 1 fully saturated rings. The summed E-state index contributed by atoms with van der Waals surface area (Å²) in [4.78, 5) is 11.7. The van der Waals surface area contributed by atoms with Crippen LogP contribution in [-0.4, -0.2) is 25.2 Å². The number of anilines is 1. The number of benzene rings is 1. The average Bonchev–Trinajstić information content (AvgIpc) is 2.78. The van der Waals surface area contributed by atoms with Gasteiger partial charge in [0, 0.05) is 12.1 Å². The fourth-order valence-electron chi connectivity index (χ4n) is 1.74. The van der Waals surface area contributed by atoms with E-state index in [1.807, 2.05) is 0 Å². The van der Waals surface area contributed by atoms with Gasteiger partial charge in [-0.1, -0.05) is 0 Å². The minimum atomic E-state index is -1.67. The molecule has 2 unspecified atom stereocenters. The minimum absolute atomic E-state index is 0.0198. The topological polar surface area (TPSA) is 64.3 Å². The first-order valence-electron chi connectivity index (χ1n) is 5.39. The zero-order chi connectivity index (χ0) is 14.2. The monoisotopic (exact) mass is 278 g/mol. The molecular formula is C11H10F4N2O2. The summed E-state index contributed by atoms with van der Waals surface area (Å²) in [5.74, 6) is -8.21. The number of rotatable bonds is 2. The Bertz CT molecular complexity index is 498. The fourth-order valence-corrected chi connectivity index (χ4v) is 1.74. The molecule has 1 amide bonds. The van der Waals surface area contributed by atoms with Crippen LogP contribution in [-0.2, 0) is 9.53 Å². The maximum atomic E-state index is 13.3. The van der Waals surface area contributed by atoms with E-state index in [1.54, 1.807) is 5.32 Å². The first kappa shape index (κ1) is 13.8. The molecule has 1 heterocycles. The van der Waals surface area contributed by atoms with Crippen molar-refractivity contribution in [2.45, 2.75) is 6.04 Å². The molecule has 0 aliphatic carbocycles. The van der Waals surface area contributed by atoms with Crippen LogP contribution in [0.3, 0.4) is 0 Å². The summed E-state index contributed by atoms with van der Waals surface area (Å²) in [6.07, 6.45) is 0. The van der Waals surface area contributed by atoms with Crippen LogP contribution in [0.1, 0.15) is 0 Å². The molecular weight excluding hydrogens is 268 g/mol. The van der Waals surface area contributed by atoms with E-state index in [9.17, 15) is 22.4 Å². The van der Waals surface area contributed by atoms with E-state index < -0.39 is 46.8 Å². The molecule has 1 aliphatic rings. The van der Waals surface area contributed by atoms with Crippen molar-refractivity contribution < 1.29 is 27.1 Å². The maximum Gasteiger partial charge on any atom is 0.231 e. The molecule has 2 atom stereocenters. The second kappa shape index (κ2) is 5.14. The third-order valence-electron chi connectivity index (χ3n) is 2.82. The number of hydrogen-bond acceptors (Lipinski definition) is 3. The van der Waals surface area contributed by atoms with Crippen molar-refractivity contribution in [3.8, 4) is 0 Å². The number of ether oxygens (including phenoxy) is 1. The number of carbonyl (C=O) groups is 1. The van der Waals surface area contributed by atoms with Crippen LogP contribution in [0.2, 0.25) is 0 Å². The van der Waals surface area contributed by atoms with Gasteiger partial charge >= 0.3 is 0 Å². The summed E-state index contributed by atoms with van der Waals surface area (Å²) in [5, 5.41) is 1.80. The number of amides is 1. The smallest absolute Gasteiger partial charge is 0.231 e. The number of halogens is 4. The second-order valence-electron chi connectivity index (χ2n) is 4.14. The lowest BCUT2D eigenvalue weighted by Crippen LogP contribution is -2.37. The molecule has 4 nitrogen and oxygen atoms in total. The van der Waals surface area contributed by atoms with Crippen molar-refractivity contribution in [1.29, 1.82) is 0 Å². The van der Waals surface area contributed by atoms with Crippen molar-refractivity contribution in [3.63, 3.8) is 0 Å². The van der Waals surface area contributed by atoms with E-state index in [1.165, 1.54) is 0 Å². The van der Waals surface area contributed by atoms with Gasteiger partial charge in [-0.3, -0.25) is 4.79 Å². The van der Waals surface area contributed by atoms with E-state index in [-0.39, 0.29) is 19.3 Å². The van der Waals surface area contributed by atoms with Gasteiger partial charge in [-0.15, -0.1) is 0 Å². The molecule has 8 heteroatoms. The van der Waals surface area contributed by atoms with Crippen LogP contribution in [0, 0.1) is 29.2 Å². The molecule has 0 aromatic heterocycles. The lowest BCUT2D eigenvalue weighted by molar-refractivity contribution is -0.120. The molecule has 1 aromatic carbocycles. The summed E-state index contributed by atoms with van der Waals surface area (Å²) in [7, 11) is 0. The van der Waals surface area contributed by atoms with Crippen molar-refractivity contribution >= 4 is 11.6 Å². The van der Waals surface area contributed by atoms with E-state index in [0.717, 1.165) is 0 Å². The van der Waals surface area contributed by atoms with E-state index >= 15 is 0 Å². The predicted molar refractivity (Wildman–Crippen MR) is 57.2 cm³/mol. The average molecular weight is 278 g/mol. The largest absolute Gasteiger partial charge is 0.379 e. The Kier molecular flexibility index (Phi) is 3.72. The lowest BCUT2D eigenvalue weighted by Gasteiger charge is -2.14. The fraction of sp³-hybridized carbons (Fsp3) is 0.364. The van der Waals surface area contributed by atoms with Gasteiger partial charge in [0.15, 0.2) is 23.3 Å². The molecule has 2 rings (SSSR count). The first-order valence-corrected chi connectivity index (χ1v) is 5.39. The normalized spacial score (nSPS) is 22.6. The zero-order valence-electron chi connectivity index (χ0n) is 9.55. The number of carbonyl (C=O) groups excluding carboxylic acids is 1. The standard InChI is InChI=1S/C11H10F4N2O2/c12-5-1-6(13)9(15)10(8(5)14)17-11(18)4-2-19-3-7(4)16/h1,4,7H,2-3,16H2,(H,17,18). The van der Waals surface area contributed by atoms with Crippen molar-refractivity contribution in [3.05, 3.63) is 29.3 Å². The van der Waals surface area contributed by atoms with Crippen LogP contribution in [0.5, 0.6) is 0 Å². The molecule has 0 saturated carbocycles. The van der Waals surface area contributed by atoms with Gasteiger partial charge in [-0.05, 0) is 0 Å². The molecule has 0 radical (unpaired) electrons. The van der Waals surface area contributed by atoms with Crippen molar-refractivity contribution in [2.75, 3.05) is 18.5 Å². The van der Waals surface area contributed by atoms with E-state index in [0.29, 0.717) is 0 Å². The first-order chi connectivity index (χ1) is 8.91.